The molecule has 0 unspecified atom stereocenters. The average molecular weight is 346 g/mol. The summed E-state index contributed by atoms with van der Waals surface area (Å²) in [6.07, 6.45) is 3.65. The molecule has 0 spiro atoms. The molecule has 26 heavy (non-hydrogen) atoms. The zero-order valence-corrected chi connectivity index (χ0v) is 16.1. The smallest absolute Gasteiger partial charge is 0.244 e. The summed E-state index contributed by atoms with van der Waals surface area (Å²) in [5.41, 5.74) is 8.07. The van der Waals surface area contributed by atoms with Gasteiger partial charge in [-0.25, -0.2) is 0 Å². The molecule has 3 heteroatoms. The Labute approximate surface area is 155 Å². The number of benzene rings is 2. The second kappa shape index (κ2) is 7.20. The molecule has 0 atom stereocenters. The zero-order valence-electron chi connectivity index (χ0n) is 16.1. The molecule has 0 aliphatic rings. The van der Waals surface area contributed by atoms with E-state index in [0.29, 0.717) is 0 Å². The lowest BCUT2D eigenvalue weighted by Crippen LogP contribution is -2.28. The van der Waals surface area contributed by atoms with E-state index in [-0.39, 0.29) is 11.9 Å². The van der Waals surface area contributed by atoms with Crippen LogP contribution < -0.4 is 5.32 Å². The number of fused-ring (bicyclic) bond motifs is 1. The number of rotatable bonds is 4. The first-order valence-electron chi connectivity index (χ1n) is 9.03. The van der Waals surface area contributed by atoms with Gasteiger partial charge in [-0.3, -0.25) is 4.79 Å². The second-order valence-electron chi connectivity index (χ2n) is 7.25. The van der Waals surface area contributed by atoms with E-state index in [4.69, 9.17) is 0 Å². The van der Waals surface area contributed by atoms with Gasteiger partial charge < -0.3 is 10.3 Å². The summed E-state index contributed by atoms with van der Waals surface area (Å²) in [4.78, 5) is 15.3. The SMILES string of the molecule is CC(=CC(=O)NC(C)C)c1cc(C)c(-c2ccc3[nH]ccc3c2)cc1C. The minimum absolute atomic E-state index is 0.0449. The quantitative estimate of drug-likeness (QED) is 0.612. The maximum absolute atomic E-state index is 12.0. The molecule has 134 valence electrons. The molecule has 0 aliphatic heterocycles. The van der Waals surface area contributed by atoms with Crippen LogP contribution in [0.4, 0.5) is 0 Å². The van der Waals surface area contributed by atoms with Gasteiger partial charge in [0.2, 0.25) is 5.91 Å². The number of aryl methyl sites for hydroxylation is 2. The third-order valence-electron chi connectivity index (χ3n) is 4.64. The number of nitrogens with one attached hydrogen (secondary N) is 2. The molecule has 0 saturated heterocycles. The molecule has 1 amide bonds. The summed E-state index contributed by atoms with van der Waals surface area (Å²) in [6, 6.07) is 13.1. The van der Waals surface area contributed by atoms with Crippen LogP contribution in [0.1, 0.15) is 37.5 Å². The topological polar surface area (TPSA) is 44.9 Å². The first-order chi connectivity index (χ1) is 12.3. The van der Waals surface area contributed by atoms with Gasteiger partial charge in [0.1, 0.15) is 0 Å². The monoisotopic (exact) mass is 346 g/mol. The van der Waals surface area contributed by atoms with Crippen molar-refractivity contribution in [3.05, 3.63) is 65.4 Å². The molecule has 2 N–H and O–H groups in total. The van der Waals surface area contributed by atoms with Gasteiger partial charge in [-0.1, -0.05) is 18.2 Å². The normalized spacial score (nSPS) is 12.0. The van der Waals surface area contributed by atoms with E-state index in [1.54, 1.807) is 6.08 Å². The summed E-state index contributed by atoms with van der Waals surface area (Å²) in [5.74, 6) is -0.0449. The van der Waals surface area contributed by atoms with Crippen LogP contribution in [0.3, 0.4) is 0 Å². The minimum Gasteiger partial charge on any atom is -0.361 e. The third kappa shape index (κ3) is 3.72. The molecule has 3 aromatic rings. The highest BCUT2D eigenvalue weighted by atomic mass is 16.1. The summed E-state index contributed by atoms with van der Waals surface area (Å²) in [6.45, 7) is 10.2. The lowest BCUT2D eigenvalue weighted by atomic mass is 9.91. The van der Waals surface area contributed by atoms with Crippen LogP contribution >= 0.6 is 0 Å². The molecule has 0 saturated carbocycles. The molecular weight excluding hydrogens is 320 g/mol. The van der Waals surface area contributed by atoms with Gasteiger partial charge in [0.25, 0.3) is 0 Å². The largest absolute Gasteiger partial charge is 0.361 e. The van der Waals surface area contributed by atoms with Crippen molar-refractivity contribution < 1.29 is 4.79 Å². The number of allylic oxidation sites excluding steroid dienone is 1. The Morgan fingerprint density at radius 3 is 2.58 bits per heavy atom. The van der Waals surface area contributed by atoms with Crippen LogP contribution in [0.15, 0.2) is 48.7 Å². The van der Waals surface area contributed by atoms with Crippen LogP contribution in [0.2, 0.25) is 0 Å². The van der Waals surface area contributed by atoms with Gasteiger partial charge in [0.05, 0.1) is 0 Å². The molecule has 0 aliphatic carbocycles. The van der Waals surface area contributed by atoms with Gasteiger partial charge in [0, 0.05) is 23.8 Å². The second-order valence-corrected chi connectivity index (χ2v) is 7.25. The molecule has 0 radical (unpaired) electrons. The van der Waals surface area contributed by atoms with Crippen LogP contribution in [0.25, 0.3) is 27.6 Å². The Balaban J connectivity index is 1.97. The van der Waals surface area contributed by atoms with Crippen molar-refractivity contribution in [2.75, 3.05) is 0 Å². The predicted octanol–water partition coefficient (Wildman–Crippen LogP) is 5.38. The van der Waals surface area contributed by atoms with Crippen LogP contribution in [0, 0.1) is 13.8 Å². The number of amides is 1. The van der Waals surface area contributed by atoms with Crippen molar-refractivity contribution in [1.82, 2.24) is 10.3 Å². The lowest BCUT2D eigenvalue weighted by Gasteiger charge is -2.14. The van der Waals surface area contributed by atoms with Gasteiger partial charge in [-0.05, 0) is 91.6 Å². The maximum Gasteiger partial charge on any atom is 0.244 e. The fraction of sp³-hybridized carbons (Fsp3) is 0.261. The highest BCUT2D eigenvalue weighted by Crippen LogP contribution is 2.31. The van der Waals surface area contributed by atoms with Crippen LogP contribution in [0.5, 0.6) is 0 Å². The minimum atomic E-state index is -0.0449. The predicted molar refractivity (Wildman–Crippen MR) is 110 cm³/mol. The number of carbonyl (C=O) groups excluding carboxylic acids is 1. The van der Waals surface area contributed by atoms with Crippen LogP contribution in [-0.4, -0.2) is 16.9 Å². The number of H-pyrrole nitrogens is 1. The Hall–Kier alpha value is -2.81. The number of carbonyl (C=O) groups is 1. The van der Waals surface area contributed by atoms with Gasteiger partial charge in [0.15, 0.2) is 0 Å². The Morgan fingerprint density at radius 1 is 1.08 bits per heavy atom. The van der Waals surface area contributed by atoms with E-state index >= 15 is 0 Å². The molecule has 1 aromatic heterocycles. The van der Waals surface area contributed by atoms with Crippen molar-refractivity contribution >= 4 is 22.4 Å². The fourth-order valence-electron chi connectivity index (χ4n) is 3.37. The van der Waals surface area contributed by atoms with Crippen molar-refractivity contribution in [1.29, 1.82) is 0 Å². The molecule has 3 rings (SSSR count). The summed E-state index contributed by atoms with van der Waals surface area (Å²) in [7, 11) is 0. The molecule has 0 fully saturated rings. The molecule has 3 nitrogen and oxygen atoms in total. The number of aromatic amines is 1. The first kappa shape index (κ1) is 18.0. The van der Waals surface area contributed by atoms with E-state index in [2.05, 4.69) is 60.5 Å². The number of hydrogen-bond acceptors (Lipinski definition) is 1. The number of hydrogen-bond donors (Lipinski definition) is 2. The number of aromatic nitrogens is 1. The zero-order chi connectivity index (χ0) is 18.8. The van der Waals surface area contributed by atoms with Gasteiger partial charge >= 0.3 is 0 Å². The van der Waals surface area contributed by atoms with Crippen molar-refractivity contribution in [3.63, 3.8) is 0 Å². The fourth-order valence-corrected chi connectivity index (χ4v) is 3.37. The van der Waals surface area contributed by atoms with E-state index in [0.717, 1.165) is 16.7 Å². The highest BCUT2D eigenvalue weighted by molar-refractivity contribution is 5.95. The van der Waals surface area contributed by atoms with E-state index < -0.39 is 0 Å². The van der Waals surface area contributed by atoms with Crippen molar-refractivity contribution in [2.24, 2.45) is 0 Å². The van der Waals surface area contributed by atoms with E-state index in [9.17, 15) is 4.79 Å². The van der Waals surface area contributed by atoms with Crippen LogP contribution in [-0.2, 0) is 4.79 Å². The maximum atomic E-state index is 12.0. The Bertz CT molecular complexity index is 993. The molecule has 0 bridgehead atoms. The highest BCUT2D eigenvalue weighted by Gasteiger charge is 2.10. The Kier molecular flexibility index (Phi) is 4.99. The molecule has 1 heterocycles. The molecular formula is C23H26N2O. The van der Waals surface area contributed by atoms with Crippen molar-refractivity contribution in [3.8, 4) is 11.1 Å². The van der Waals surface area contributed by atoms with E-state index in [1.165, 1.54) is 27.6 Å². The average Bonchev–Trinajstić information content (AvgIpc) is 3.03. The van der Waals surface area contributed by atoms with E-state index in [1.807, 2.05) is 27.0 Å². The summed E-state index contributed by atoms with van der Waals surface area (Å²) >= 11 is 0. The van der Waals surface area contributed by atoms with Crippen molar-refractivity contribution in [2.45, 2.75) is 40.7 Å². The summed E-state index contributed by atoms with van der Waals surface area (Å²) < 4.78 is 0. The molecule has 2 aromatic carbocycles. The Morgan fingerprint density at radius 2 is 1.85 bits per heavy atom. The van der Waals surface area contributed by atoms with Gasteiger partial charge in [-0.2, -0.15) is 0 Å². The lowest BCUT2D eigenvalue weighted by molar-refractivity contribution is -0.116. The van der Waals surface area contributed by atoms with Gasteiger partial charge in [-0.15, -0.1) is 0 Å². The third-order valence-corrected chi connectivity index (χ3v) is 4.64. The first-order valence-corrected chi connectivity index (χ1v) is 9.03. The summed E-state index contributed by atoms with van der Waals surface area (Å²) in [5, 5.41) is 4.12. The standard InChI is InChI=1S/C23H26N2O/c1-14(2)25-23(26)12-17(5)20-10-16(4)21(11-15(20)3)18-6-7-22-19(13-18)8-9-24-22/h6-14,24H,1-5H3,(H,25,26).